The van der Waals surface area contributed by atoms with Gasteiger partial charge in [-0.2, -0.15) is 0 Å². The lowest BCUT2D eigenvalue weighted by Gasteiger charge is -2.14. The Bertz CT molecular complexity index is 462. The van der Waals surface area contributed by atoms with E-state index in [0.717, 1.165) is 12.8 Å². The summed E-state index contributed by atoms with van der Waals surface area (Å²) in [5.41, 5.74) is -0.430. The number of esters is 1. The Morgan fingerprint density at radius 1 is 1.65 bits per heavy atom. The van der Waals surface area contributed by atoms with Gasteiger partial charge >= 0.3 is 5.97 Å². The highest BCUT2D eigenvalue weighted by atomic mass is 16.5. The number of nitrogens with one attached hydrogen (secondary N) is 1. The minimum atomic E-state index is -0.625. The van der Waals surface area contributed by atoms with E-state index in [9.17, 15) is 14.7 Å². The molecule has 2 N–H and O–H groups in total. The van der Waals surface area contributed by atoms with Crippen LogP contribution in [0, 0.1) is 0 Å². The minimum absolute atomic E-state index is 0.00838. The van der Waals surface area contributed by atoms with Gasteiger partial charge in [0.25, 0.3) is 5.56 Å². The van der Waals surface area contributed by atoms with Gasteiger partial charge in [-0.3, -0.25) is 4.79 Å². The van der Waals surface area contributed by atoms with Crippen LogP contribution in [-0.2, 0) is 4.74 Å². The first-order chi connectivity index (χ1) is 8.15. The molecule has 1 heterocycles. The predicted molar refractivity (Wildman–Crippen MR) is 59.9 cm³/mol. The summed E-state index contributed by atoms with van der Waals surface area (Å²) in [7, 11) is 0. The van der Waals surface area contributed by atoms with E-state index in [4.69, 9.17) is 4.74 Å². The number of carbonyl (C=O) groups is 1. The molecule has 0 radical (unpaired) electrons. The predicted octanol–water partition coefficient (Wildman–Crippen LogP) is 0.439. The third-order valence-electron chi connectivity index (χ3n) is 3.07. The van der Waals surface area contributed by atoms with Gasteiger partial charge in [-0.15, -0.1) is 0 Å². The van der Waals surface area contributed by atoms with Crippen molar-refractivity contribution in [2.24, 2.45) is 0 Å². The Labute approximate surface area is 98.2 Å². The number of aromatic nitrogens is 2. The number of hydrogen-bond donors (Lipinski definition) is 2. The van der Waals surface area contributed by atoms with E-state index in [1.54, 1.807) is 6.92 Å². The zero-order chi connectivity index (χ0) is 12.4. The maximum Gasteiger partial charge on any atom is 0.345 e. The molecule has 1 aromatic heterocycles. The molecule has 1 aliphatic carbocycles. The van der Waals surface area contributed by atoms with E-state index in [1.807, 2.05) is 0 Å². The van der Waals surface area contributed by atoms with E-state index < -0.39 is 17.6 Å². The number of nitrogens with zero attached hydrogens (tertiary/aromatic N) is 1. The topological polar surface area (TPSA) is 84.3 Å². The summed E-state index contributed by atoms with van der Waals surface area (Å²) in [5, 5.41) is 12.5. The van der Waals surface area contributed by atoms with E-state index >= 15 is 0 Å². The van der Waals surface area contributed by atoms with Crippen LogP contribution in [0.25, 0.3) is 0 Å². The molecule has 6 heteroatoms. The van der Waals surface area contributed by atoms with Gasteiger partial charge in [0.2, 0.25) is 0 Å². The molecule has 2 atom stereocenters. The molecule has 0 spiro atoms. The van der Waals surface area contributed by atoms with Crippen LogP contribution in [0.15, 0.2) is 11.0 Å². The first-order valence-electron chi connectivity index (χ1n) is 5.80. The van der Waals surface area contributed by atoms with Crippen LogP contribution in [0.2, 0.25) is 0 Å². The second kappa shape index (κ2) is 4.75. The van der Waals surface area contributed by atoms with Crippen LogP contribution in [-0.4, -0.2) is 33.6 Å². The number of hydrogen-bond acceptors (Lipinski definition) is 4. The van der Waals surface area contributed by atoms with Crippen LogP contribution < -0.4 is 5.56 Å². The molecule has 1 aliphatic rings. The number of rotatable bonds is 3. The molecule has 1 saturated carbocycles. The summed E-state index contributed by atoms with van der Waals surface area (Å²) >= 11 is 0. The Balaban J connectivity index is 2.26. The average Bonchev–Trinajstić information content (AvgIpc) is 2.85. The summed E-state index contributed by atoms with van der Waals surface area (Å²) in [4.78, 5) is 23.4. The van der Waals surface area contributed by atoms with Gasteiger partial charge < -0.3 is 14.9 Å². The van der Waals surface area contributed by atoms with Gasteiger partial charge in [0, 0.05) is 6.20 Å². The van der Waals surface area contributed by atoms with Crippen molar-refractivity contribution in [3.05, 3.63) is 22.1 Å². The number of carbonyl (C=O) groups excluding carboxylic acids is 1. The monoisotopic (exact) mass is 240 g/mol. The largest absolute Gasteiger partial charge is 0.462 e. The van der Waals surface area contributed by atoms with Crippen molar-refractivity contribution < 1.29 is 14.6 Å². The molecule has 1 fully saturated rings. The Morgan fingerprint density at radius 2 is 2.41 bits per heavy atom. The lowest BCUT2D eigenvalue weighted by atomic mass is 10.2. The fourth-order valence-electron chi connectivity index (χ4n) is 2.21. The molecule has 0 aliphatic heterocycles. The zero-order valence-electron chi connectivity index (χ0n) is 9.68. The summed E-state index contributed by atoms with van der Waals surface area (Å²) in [6.45, 7) is 1.92. The maximum absolute atomic E-state index is 11.9. The fourth-order valence-corrected chi connectivity index (χ4v) is 2.21. The first kappa shape index (κ1) is 11.9. The molecular weight excluding hydrogens is 224 g/mol. The molecule has 2 unspecified atom stereocenters. The van der Waals surface area contributed by atoms with Crippen molar-refractivity contribution in [2.75, 3.05) is 6.61 Å². The standard InChI is InChI=1S/C11H16N2O4/c1-2-17-11(16)7-6-12-13(10(7)15)8-4-3-5-9(8)14/h6,8-9,12,14H,2-5H2,1H3. The number of aromatic amines is 1. The van der Waals surface area contributed by atoms with Crippen LogP contribution in [0.3, 0.4) is 0 Å². The highest BCUT2D eigenvalue weighted by Gasteiger charge is 2.29. The van der Waals surface area contributed by atoms with Crippen molar-refractivity contribution in [1.29, 1.82) is 0 Å². The number of H-pyrrole nitrogens is 1. The molecule has 2 rings (SSSR count). The van der Waals surface area contributed by atoms with Gasteiger partial charge in [-0.05, 0) is 26.2 Å². The number of ether oxygens (including phenoxy) is 1. The van der Waals surface area contributed by atoms with Crippen LogP contribution in [0.4, 0.5) is 0 Å². The van der Waals surface area contributed by atoms with Crippen molar-refractivity contribution in [3.63, 3.8) is 0 Å². The van der Waals surface area contributed by atoms with Crippen molar-refractivity contribution >= 4 is 5.97 Å². The van der Waals surface area contributed by atoms with Crippen molar-refractivity contribution in [1.82, 2.24) is 9.78 Å². The SMILES string of the molecule is CCOC(=O)c1c[nH]n(C2CCCC2O)c1=O. The molecule has 0 aromatic carbocycles. The molecule has 6 nitrogen and oxygen atoms in total. The molecular formula is C11H16N2O4. The summed E-state index contributed by atoms with van der Waals surface area (Å²) < 4.78 is 6.10. The van der Waals surface area contributed by atoms with E-state index in [2.05, 4.69) is 5.10 Å². The second-order valence-electron chi connectivity index (χ2n) is 4.15. The van der Waals surface area contributed by atoms with E-state index in [0.29, 0.717) is 6.42 Å². The van der Waals surface area contributed by atoms with Gasteiger partial charge in [-0.1, -0.05) is 0 Å². The molecule has 17 heavy (non-hydrogen) atoms. The molecule has 0 bridgehead atoms. The van der Waals surface area contributed by atoms with Crippen molar-refractivity contribution in [2.45, 2.75) is 38.3 Å². The minimum Gasteiger partial charge on any atom is -0.462 e. The smallest absolute Gasteiger partial charge is 0.345 e. The highest BCUT2D eigenvalue weighted by Crippen LogP contribution is 2.28. The van der Waals surface area contributed by atoms with Gasteiger partial charge in [0.1, 0.15) is 5.56 Å². The summed E-state index contributed by atoms with van der Waals surface area (Å²) in [5.74, 6) is -0.625. The third kappa shape index (κ3) is 2.12. The fraction of sp³-hybridized carbons (Fsp3) is 0.636. The zero-order valence-corrected chi connectivity index (χ0v) is 9.68. The van der Waals surface area contributed by atoms with E-state index in [-0.39, 0.29) is 18.2 Å². The van der Waals surface area contributed by atoms with Gasteiger partial charge in [-0.25, -0.2) is 9.48 Å². The normalized spacial score (nSPS) is 23.9. The van der Waals surface area contributed by atoms with Crippen LogP contribution in [0.5, 0.6) is 0 Å². The Kier molecular flexibility index (Phi) is 3.33. The Hall–Kier alpha value is -1.56. The first-order valence-corrected chi connectivity index (χ1v) is 5.80. The molecule has 0 saturated heterocycles. The number of aliphatic hydroxyl groups is 1. The third-order valence-corrected chi connectivity index (χ3v) is 3.07. The molecule has 94 valence electrons. The van der Waals surface area contributed by atoms with Crippen molar-refractivity contribution in [3.8, 4) is 0 Å². The average molecular weight is 240 g/mol. The van der Waals surface area contributed by atoms with Crippen LogP contribution >= 0.6 is 0 Å². The summed E-state index contributed by atoms with van der Waals surface area (Å²) in [6.07, 6.45) is 3.12. The van der Waals surface area contributed by atoms with Gasteiger partial charge in [0.05, 0.1) is 18.8 Å². The van der Waals surface area contributed by atoms with E-state index in [1.165, 1.54) is 10.9 Å². The lowest BCUT2D eigenvalue weighted by Crippen LogP contribution is -2.30. The summed E-state index contributed by atoms with van der Waals surface area (Å²) in [6, 6.07) is -0.259. The number of aliphatic hydroxyl groups excluding tert-OH is 1. The molecule has 0 amide bonds. The van der Waals surface area contributed by atoms with Crippen LogP contribution in [0.1, 0.15) is 42.6 Å². The highest BCUT2D eigenvalue weighted by molar-refractivity contribution is 5.88. The van der Waals surface area contributed by atoms with Gasteiger partial charge in [0.15, 0.2) is 0 Å². The second-order valence-corrected chi connectivity index (χ2v) is 4.15. The quantitative estimate of drug-likeness (QED) is 0.751. The lowest BCUT2D eigenvalue weighted by molar-refractivity contribution is 0.0524. The Morgan fingerprint density at radius 3 is 3.00 bits per heavy atom. The maximum atomic E-state index is 11.9. The molecule has 1 aromatic rings.